The standard InChI is InChI=1S/C45H66N2O18/c1-10-34(48)60-27-44(28-61-35(49)11-2,29-62-36(50)12-3)25-56-26-45(30-63-37(51)13-4,31-64-38(52)14-5)32-65-40(54)47-43(9)23-33(22-42(7,8)24-43)46-39(53)58-20-18-16-17-19-21-59-41(55)57-15-6/h10-14,33H,1-5,15-32H2,6-9H3,(H,46,53)(H,47,54). The van der Waals surface area contributed by atoms with Gasteiger partial charge in [-0.2, -0.15) is 0 Å². The largest absolute Gasteiger partial charge is 0.508 e. The number of hydrogen-bond acceptors (Lipinski definition) is 18. The lowest BCUT2D eigenvalue weighted by Crippen LogP contribution is -2.58. The highest BCUT2D eigenvalue weighted by molar-refractivity contribution is 5.83. The number of hydrogen-bond donors (Lipinski definition) is 2. The second-order valence-electron chi connectivity index (χ2n) is 16.5. The summed E-state index contributed by atoms with van der Waals surface area (Å²) < 4.78 is 53.4. The van der Waals surface area contributed by atoms with Crippen molar-refractivity contribution in [1.82, 2.24) is 10.6 Å². The summed E-state index contributed by atoms with van der Waals surface area (Å²) in [6.07, 6.45) is 6.29. The van der Waals surface area contributed by atoms with Crippen LogP contribution in [0.2, 0.25) is 0 Å². The van der Waals surface area contributed by atoms with Gasteiger partial charge in [0.25, 0.3) is 0 Å². The Labute approximate surface area is 380 Å². The maximum atomic E-state index is 13.7. The molecule has 20 heteroatoms. The lowest BCUT2D eigenvalue weighted by Gasteiger charge is -2.46. The molecule has 0 aromatic rings. The van der Waals surface area contributed by atoms with E-state index in [1.807, 2.05) is 13.8 Å². The number of alkyl carbamates (subject to hydrolysis) is 2. The summed E-state index contributed by atoms with van der Waals surface area (Å²) in [4.78, 5) is 98.8. The number of nitrogens with one attached hydrogen (secondary N) is 2. The second kappa shape index (κ2) is 29.3. The Bertz CT molecular complexity index is 1590. The van der Waals surface area contributed by atoms with Crippen LogP contribution in [0.1, 0.15) is 72.6 Å². The smallest absolute Gasteiger partial charge is 0.462 e. The molecule has 0 aliphatic heterocycles. The van der Waals surface area contributed by atoms with E-state index in [2.05, 4.69) is 43.5 Å². The zero-order valence-electron chi connectivity index (χ0n) is 38.1. The molecule has 0 aromatic carbocycles. The quantitative estimate of drug-likeness (QED) is 0.0395. The number of ether oxygens (including phenoxy) is 10. The van der Waals surface area contributed by atoms with Gasteiger partial charge in [-0.15, -0.1) is 0 Å². The van der Waals surface area contributed by atoms with Gasteiger partial charge < -0.3 is 58.0 Å². The number of amides is 2. The maximum absolute atomic E-state index is 13.7. The molecule has 1 rings (SSSR count). The van der Waals surface area contributed by atoms with Crippen LogP contribution in [0.4, 0.5) is 14.4 Å². The van der Waals surface area contributed by atoms with Crippen LogP contribution in [0.5, 0.6) is 0 Å². The van der Waals surface area contributed by atoms with Crippen molar-refractivity contribution in [3.05, 3.63) is 63.3 Å². The van der Waals surface area contributed by atoms with E-state index < -0.39 is 123 Å². The van der Waals surface area contributed by atoms with E-state index >= 15 is 0 Å². The van der Waals surface area contributed by atoms with Crippen molar-refractivity contribution in [1.29, 1.82) is 0 Å². The van der Waals surface area contributed by atoms with Crippen LogP contribution in [-0.4, -0.2) is 132 Å². The van der Waals surface area contributed by atoms with Crippen molar-refractivity contribution >= 4 is 48.2 Å². The molecule has 1 aliphatic carbocycles. The summed E-state index contributed by atoms with van der Waals surface area (Å²) in [6.45, 7) is 20.7. The number of carbonyl (C=O) groups excluding carboxylic acids is 8. The van der Waals surface area contributed by atoms with Gasteiger partial charge in [0.2, 0.25) is 0 Å². The molecule has 1 saturated carbocycles. The first-order valence-corrected chi connectivity index (χ1v) is 20.9. The Hall–Kier alpha value is -6.18. The van der Waals surface area contributed by atoms with Gasteiger partial charge in [0.1, 0.15) is 39.6 Å². The molecule has 2 N–H and O–H groups in total. The molecular formula is C45H66N2O18. The van der Waals surface area contributed by atoms with E-state index in [4.69, 9.17) is 47.4 Å². The van der Waals surface area contributed by atoms with Gasteiger partial charge in [-0.05, 0) is 64.2 Å². The molecule has 1 fully saturated rings. The first-order valence-electron chi connectivity index (χ1n) is 20.9. The number of unbranched alkanes of at least 4 members (excludes halogenated alkanes) is 3. The summed E-state index contributed by atoms with van der Waals surface area (Å²) in [5, 5.41) is 5.80. The minimum atomic E-state index is -1.63. The molecule has 20 nitrogen and oxygen atoms in total. The maximum Gasteiger partial charge on any atom is 0.508 e. The van der Waals surface area contributed by atoms with Gasteiger partial charge in [0.05, 0.1) is 43.9 Å². The monoisotopic (exact) mass is 922 g/mol. The van der Waals surface area contributed by atoms with Gasteiger partial charge in [-0.1, -0.05) is 46.7 Å². The van der Waals surface area contributed by atoms with Crippen LogP contribution < -0.4 is 10.6 Å². The van der Waals surface area contributed by atoms with Crippen molar-refractivity contribution in [3.63, 3.8) is 0 Å². The predicted molar refractivity (Wildman–Crippen MR) is 232 cm³/mol. The molecule has 2 atom stereocenters. The van der Waals surface area contributed by atoms with Crippen LogP contribution in [0, 0.1) is 16.2 Å². The van der Waals surface area contributed by atoms with Gasteiger partial charge >= 0.3 is 48.2 Å². The molecule has 0 aromatic heterocycles. The Kier molecular flexibility index (Phi) is 25.6. The Morgan fingerprint density at radius 2 is 0.923 bits per heavy atom. The van der Waals surface area contributed by atoms with Gasteiger partial charge in [-0.25, -0.2) is 38.4 Å². The summed E-state index contributed by atoms with van der Waals surface area (Å²) >= 11 is 0. The highest BCUT2D eigenvalue weighted by atomic mass is 16.7. The molecule has 0 bridgehead atoms. The summed E-state index contributed by atoms with van der Waals surface area (Å²) in [7, 11) is 0. The van der Waals surface area contributed by atoms with Crippen molar-refractivity contribution in [2.24, 2.45) is 16.2 Å². The second-order valence-corrected chi connectivity index (χ2v) is 16.5. The van der Waals surface area contributed by atoms with Crippen molar-refractivity contribution in [2.75, 3.05) is 72.7 Å². The highest BCUT2D eigenvalue weighted by Crippen LogP contribution is 2.41. The molecule has 2 unspecified atom stereocenters. The average molecular weight is 923 g/mol. The SMILES string of the molecule is C=CC(=O)OCC(COCC(COC(=O)C=C)(COC(=O)C=C)COC(=O)NC1(C)CC(NC(=O)OCCCCCCOC(=O)OCC)CC(C)(C)C1)(COC(=O)C=C)COC(=O)C=C. The van der Waals surface area contributed by atoms with E-state index in [9.17, 15) is 38.4 Å². The molecule has 0 saturated heterocycles. The molecule has 0 heterocycles. The summed E-state index contributed by atoms with van der Waals surface area (Å²) in [5.74, 6) is -4.34. The average Bonchev–Trinajstić information content (AvgIpc) is 3.26. The fraction of sp³-hybridized carbons (Fsp3) is 0.600. The zero-order valence-corrected chi connectivity index (χ0v) is 38.1. The third-order valence-electron chi connectivity index (χ3n) is 9.61. The molecular weight excluding hydrogens is 856 g/mol. The van der Waals surface area contributed by atoms with Gasteiger partial charge in [0, 0.05) is 42.0 Å². The van der Waals surface area contributed by atoms with E-state index in [-0.39, 0.29) is 25.2 Å². The lowest BCUT2D eigenvalue weighted by molar-refractivity contribution is -0.166. The predicted octanol–water partition coefficient (Wildman–Crippen LogP) is 5.15. The Morgan fingerprint density at radius 3 is 1.32 bits per heavy atom. The van der Waals surface area contributed by atoms with Crippen LogP contribution in [0.15, 0.2) is 63.3 Å². The minimum Gasteiger partial charge on any atom is -0.462 e. The fourth-order valence-electron chi connectivity index (χ4n) is 6.83. The molecule has 364 valence electrons. The molecule has 1 aliphatic rings. The normalized spacial score (nSPS) is 16.4. The molecule has 0 spiro atoms. The van der Waals surface area contributed by atoms with Crippen molar-refractivity contribution < 1.29 is 85.7 Å². The van der Waals surface area contributed by atoms with E-state index in [0.717, 1.165) is 43.2 Å². The summed E-state index contributed by atoms with van der Waals surface area (Å²) in [6, 6.07) is -0.400. The van der Waals surface area contributed by atoms with Gasteiger partial charge in [-0.3, -0.25) is 0 Å². The van der Waals surface area contributed by atoms with Crippen LogP contribution in [0.25, 0.3) is 0 Å². The van der Waals surface area contributed by atoms with E-state index in [1.54, 1.807) is 13.8 Å². The molecule has 0 radical (unpaired) electrons. The minimum absolute atomic E-state index is 0.174. The zero-order chi connectivity index (χ0) is 48.9. The number of carbonyl (C=O) groups is 8. The van der Waals surface area contributed by atoms with Crippen LogP contribution in [0.3, 0.4) is 0 Å². The van der Waals surface area contributed by atoms with E-state index in [1.165, 1.54) is 0 Å². The molecule has 65 heavy (non-hydrogen) atoms. The highest BCUT2D eigenvalue weighted by Gasteiger charge is 2.44. The third kappa shape index (κ3) is 23.9. The third-order valence-corrected chi connectivity index (χ3v) is 9.61. The Balaban J connectivity index is 3.23. The molecule has 2 amide bonds. The van der Waals surface area contributed by atoms with Crippen molar-refractivity contribution in [3.8, 4) is 0 Å². The van der Waals surface area contributed by atoms with Crippen molar-refractivity contribution in [2.45, 2.75) is 84.2 Å². The van der Waals surface area contributed by atoms with Gasteiger partial charge in [0.15, 0.2) is 0 Å². The van der Waals surface area contributed by atoms with Crippen LogP contribution >= 0.6 is 0 Å². The number of esters is 5. The Morgan fingerprint density at radius 1 is 0.523 bits per heavy atom. The summed E-state index contributed by atoms with van der Waals surface area (Å²) in [5.41, 5.74) is -4.49. The lowest BCUT2D eigenvalue weighted by atomic mass is 9.67. The first kappa shape index (κ1) is 56.8. The number of rotatable bonds is 31. The topological polar surface area (TPSA) is 253 Å². The fourth-order valence-corrected chi connectivity index (χ4v) is 6.83. The van der Waals surface area contributed by atoms with E-state index in [0.29, 0.717) is 32.1 Å². The van der Waals surface area contributed by atoms with Crippen LogP contribution in [-0.2, 0) is 71.3 Å². The first-order chi connectivity index (χ1) is 30.7.